The predicted molar refractivity (Wildman–Crippen MR) is 174 cm³/mol. The highest BCUT2D eigenvalue weighted by Gasteiger charge is 2.36. The Hall–Kier alpha value is -4.82. The third-order valence-corrected chi connectivity index (χ3v) is 7.66. The summed E-state index contributed by atoms with van der Waals surface area (Å²) in [5.41, 5.74) is 13.2. The van der Waals surface area contributed by atoms with Crippen LogP contribution >= 0.6 is 0 Å². The highest BCUT2D eigenvalue weighted by atomic mass is 16.5. The highest BCUT2D eigenvalue weighted by Crippen LogP contribution is 2.19. The average molecular weight is 655 g/mol. The van der Waals surface area contributed by atoms with Crippen LogP contribution < -0.4 is 32.2 Å². The molecule has 256 valence electrons. The molecule has 1 heterocycles. The molecular formula is C33H46N6O8. The molecule has 5 amide bonds. The van der Waals surface area contributed by atoms with E-state index in [9.17, 15) is 28.8 Å². The number of hydrogen-bond acceptors (Lipinski definition) is 8. The van der Waals surface area contributed by atoms with Gasteiger partial charge in [-0.15, -0.1) is 0 Å². The van der Waals surface area contributed by atoms with Crippen molar-refractivity contribution < 1.29 is 39.0 Å². The number of primary amides is 1. The maximum Gasteiger partial charge on any atom is 0.308 e. The molecule has 3 rings (SSSR count). The van der Waals surface area contributed by atoms with E-state index in [1.54, 1.807) is 24.3 Å². The first kappa shape index (κ1) is 38.4. The van der Waals surface area contributed by atoms with Crippen molar-refractivity contribution in [1.82, 2.24) is 20.9 Å². The minimum Gasteiger partial charge on any atom is -0.427 e. The van der Waals surface area contributed by atoms with Crippen LogP contribution in [0.4, 0.5) is 0 Å². The number of nitrogens with two attached hydrogens (primary N) is 2. The molecule has 0 bridgehead atoms. The number of benzene rings is 2. The molecule has 0 saturated carbocycles. The third kappa shape index (κ3) is 12.1. The molecule has 0 radical (unpaired) electrons. The van der Waals surface area contributed by atoms with Gasteiger partial charge in [0, 0.05) is 19.9 Å². The van der Waals surface area contributed by atoms with Crippen molar-refractivity contribution in [1.29, 1.82) is 0 Å². The standard InChI is InChI=1S/C33H44N6O7.H2O/c1-3-4-11-26(38-31(43)25(34)18-23-13-15-24(16-14-23)46-21(2)40)32(44)36-20-29(41)37-27(19-22-9-6-5-7-10-22)33(45)39-17-8-12-28(39)30(35)42;/h5-7,9-10,13-16,25-28H,3-4,8,11-12,17-20,34H2,1-2H3,(H2,35,42)(H,36,44)(H,37,41)(H,38,43);1H2/t25-,26+,27-,28-;/m0./s1. The van der Waals surface area contributed by atoms with Crippen molar-refractivity contribution in [3.63, 3.8) is 0 Å². The fourth-order valence-electron chi connectivity index (χ4n) is 5.27. The number of esters is 1. The second-order valence-electron chi connectivity index (χ2n) is 11.4. The number of ether oxygens (including phenoxy) is 1. The zero-order valence-corrected chi connectivity index (χ0v) is 26.8. The van der Waals surface area contributed by atoms with E-state index >= 15 is 0 Å². The molecule has 1 saturated heterocycles. The highest BCUT2D eigenvalue weighted by molar-refractivity contribution is 5.94. The monoisotopic (exact) mass is 654 g/mol. The minimum absolute atomic E-state index is 0. The lowest BCUT2D eigenvalue weighted by molar-refractivity contribution is -0.140. The number of unbranched alkanes of at least 4 members (excludes halogenated alkanes) is 1. The van der Waals surface area contributed by atoms with Crippen molar-refractivity contribution in [3.05, 3.63) is 65.7 Å². The summed E-state index contributed by atoms with van der Waals surface area (Å²) in [6.45, 7) is 3.16. The molecule has 14 nitrogen and oxygen atoms in total. The Morgan fingerprint density at radius 2 is 1.57 bits per heavy atom. The van der Waals surface area contributed by atoms with Crippen molar-refractivity contribution in [2.45, 2.75) is 83.0 Å². The van der Waals surface area contributed by atoms with E-state index in [0.717, 1.165) is 17.5 Å². The van der Waals surface area contributed by atoms with Crippen molar-refractivity contribution in [2.24, 2.45) is 11.5 Å². The third-order valence-electron chi connectivity index (χ3n) is 7.66. The van der Waals surface area contributed by atoms with Crippen LogP contribution in [0.25, 0.3) is 0 Å². The molecule has 2 aromatic rings. The predicted octanol–water partition coefficient (Wildman–Crippen LogP) is -0.348. The Bertz CT molecular complexity index is 1370. The van der Waals surface area contributed by atoms with Crippen LogP contribution in [0.5, 0.6) is 5.75 Å². The van der Waals surface area contributed by atoms with Gasteiger partial charge in [-0.2, -0.15) is 0 Å². The van der Waals surface area contributed by atoms with Crippen LogP contribution in [-0.4, -0.2) is 83.1 Å². The molecule has 4 atom stereocenters. The second-order valence-corrected chi connectivity index (χ2v) is 11.4. The van der Waals surface area contributed by atoms with Crippen molar-refractivity contribution in [2.75, 3.05) is 13.1 Å². The van der Waals surface area contributed by atoms with Crippen molar-refractivity contribution in [3.8, 4) is 5.75 Å². The molecule has 0 aliphatic carbocycles. The van der Waals surface area contributed by atoms with Gasteiger partial charge in [-0.05, 0) is 48.9 Å². The first-order chi connectivity index (χ1) is 22.0. The summed E-state index contributed by atoms with van der Waals surface area (Å²) in [7, 11) is 0. The van der Waals surface area contributed by atoms with E-state index in [-0.39, 0.29) is 18.3 Å². The number of carbonyl (C=O) groups excluding carboxylic acids is 6. The minimum atomic E-state index is -0.983. The van der Waals surface area contributed by atoms with Gasteiger partial charge in [0.2, 0.25) is 29.5 Å². The van der Waals surface area contributed by atoms with Crippen LogP contribution in [-0.2, 0) is 41.6 Å². The maximum atomic E-state index is 13.5. The lowest BCUT2D eigenvalue weighted by Gasteiger charge is -2.28. The van der Waals surface area contributed by atoms with E-state index in [2.05, 4.69) is 16.0 Å². The molecule has 1 aliphatic heterocycles. The van der Waals surface area contributed by atoms with E-state index in [0.29, 0.717) is 38.0 Å². The van der Waals surface area contributed by atoms with Gasteiger partial charge in [0.15, 0.2) is 0 Å². The molecule has 47 heavy (non-hydrogen) atoms. The molecule has 1 fully saturated rings. The normalized spacial score (nSPS) is 15.7. The van der Waals surface area contributed by atoms with Gasteiger partial charge >= 0.3 is 5.97 Å². The van der Waals surface area contributed by atoms with Gasteiger partial charge in [-0.1, -0.05) is 62.2 Å². The van der Waals surface area contributed by atoms with Crippen LogP contribution in [0.1, 0.15) is 57.1 Å². The second kappa shape index (κ2) is 19.0. The fourth-order valence-corrected chi connectivity index (χ4v) is 5.27. The lowest BCUT2D eigenvalue weighted by Crippen LogP contribution is -2.56. The molecule has 0 aromatic heterocycles. The summed E-state index contributed by atoms with van der Waals surface area (Å²) in [5, 5.41) is 7.97. The lowest BCUT2D eigenvalue weighted by atomic mass is 10.0. The van der Waals surface area contributed by atoms with Gasteiger partial charge in [-0.25, -0.2) is 0 Å². The largest absolute Gasteiger partial charge is 0.427 e. The first-order valence-corrected chi connectivity index (χ1v) is 15.5. The van der Waals surface area contributed by atoms with Crippen LogP contribution in [0, 0.1) is 0 Å². The molecule has 1 aliphatic rings. The molecule has 2 aromatic carbocycles. The SMILES string of the molecule is CCCC[C@@H](NC(=O)[C@@H](N)Cc1ccc(OC(C)=O)cc1)C(=O)NCC(=O)N[C@@H](Cc1ccccc1)C(=O)N1CCC[C@H]1C(N)=O.O. The summed E-state index contributed by atoms with van der Waals surface area (Å²) < 4.78 is 5.02. The summed E-state index contributed by atoms with van der Waals surface area (Å²) in [6, 6.07) is 12.1. The van der Waals surface area contributed by atoms with Crippen LogP contribution in [0.2, 0.25) is 0 Å². The van der Waals surface area contributed by atoms with Gasteiger partial charge in [0.05, 0.1) is 12.6 Å². The van der Waals surface area contributed by atoms with Gasteiger partial charge in [0.25, 0.3) is 0 Å². The molecule has 0 unspecified atom stereocenters. The summed E-state index contributed by atoms with van der Waals surface area (Å²) in [6.07, 6.45) is 3.19. The molecular weight excluding hydrogens is 608 g/mol. The summed E-state index contributed by atoms with van der Waals surface area (Å²) in [4.78, 5) is 77.0. The fraction of sp³-hybridized carbons (Fsp3) is 0.455. The van der Waals surface area contributed by atoms with Gasteiger partial charge in [0.1, 0.15) is 23.9 Å². The Balaban J connectivity index is 0.00000768. The average Bonchev–Trinajstić information content (AvgIpc) is 3.53. The summed E-state index contributed by atoms with van der Waals surface area (Å²) >= 11 is 0. The van der Waals surface area contributed by atoms with E-state index in [1.807, 2.05) is 37.3 Å². The van der Waals surface area contributed by atoms with Crippen LogP contribution in [0.3, 0.4) is 0 Å². The molecule has 0 spiro atoms. The number of rotatable bonds is 16. The van der Waals surface area contributed by atoms with E-state index < -0.39 is 66.2 Å². The molecule has 9 N–H and O–H groups in total. The smallest absolute Gasteiger partial charge is 0.308 e. The maximum absolute atomic E-state index is 13.5. The zero-order valence-electron chi connectivity index (χ0n) is 26.8. The van der Waals surface area contributed by atoms with E-state index in [1.165, 1.54) is 11.8 Å². The quantitative estimate of drug-likeness (QED) is 0.118. The zero-order chi connectivity index (χ0) is 33.6. The number of carbonyl (C=O) groups is 6. The number of nitrogens with one attached hydrogen (secondary N) is 3. The summed E-state index contributed by atoms with van der Waals surface area (Å²) in [5.74, 6) is -2.79. The van der Waals surface area contributed by atoms with Gasteiger partial charge in [-0.3, -0.25) is 28.8 Å². The van der Waals surface area contributed by atoms with Gasteiger partial charge < -0.3 is 42.5 Å². The number of hydrogen-bond donors (Lipinski definition) is 5. The number of amides is 5. The first-order valence-electron chi connectivity index (χ1n) is 15.5. The van der Waals surface area contributed by atoms with Crippen molar-refractivity contribution >= 4 is 35.5 Å². The van der Waals surface area contributed by atoms with Crippen LogP contribution in [0.15, 0.2) is 54.6 Å². The Morgan fingerprint density at radius 3 is 2.19 bits per heavy atom. The topological polar surface area (TPSA) is 235 Å². The molecule has 14 heteroatoms. The Morgan fingerprint density at radius 1 is 0.915 bits per heavy atom. The number of likely N-dealkylation sites (tertiary alicyclic amines) is 1. The Labute approximate surface area is 274 Å². The number of nitrogens with zero attached hydrogens (tertiary/aromatic N) is 1. The van der Waals surface area contributed by atoms with E-state index in [4.69, 9.17) is 16.2 Å². The Kier molecular flexibility index (Phi) is 15.5.